The zero-order chi connectivity index (χ0) is 18.1. The van der Waals surface area contributed by atoms with Crippen LogP contribution in [0.1, 0.15) is 25.1 Å². The molecule has 0 amide bonds. The fourth-order valence-corrected chi connectivity index (χ4v) is 2.35. The lowest BCUT2D eigenvalue weighted by molar-refractivity contribution is 0.310. The number of aromatic nitrogens is 2. The number of nitrogens with one attached hydrogen (secondary N) is 2. The number of hydrogen-bond acceptors (Lipinski definition) is 4. The van der Waals surface area contributed by atoms with Crippen molar-refractivity contribution in [3.05, 3.63) is 41.7 Å². The molecular weight excluding hydrogens is 445 g/mol. The molecule has 1 aromatic carbocycles. The second-order valence-electron chi connectivity index (χ2n) is 5.41. The molecule has 0 aliphatic carbocycles. The number of ether oxygens (including phenoxy) is 2. The van der Waals surface area contributed by atoms with Gasteiger partial charge in [0.2, 0.25) is 0 Å². The van der Waals surface area contributed by atoms with E-state index in [9.17, 15) is 0 Å². The van der Waals surface area contributed by atoms with Crippen molar-refractivity contribution in [2.75, 3.05) is 20.3 Å². The normalized spacial score (nSPS) is 10.8. The summed E-state index contributed by atoms with van der Waals surface area (Å²) in [5, 5.41) is 10.7. The second-order valence-corrected chi connectivity index (χ2v) is 5.41. The van der Waals surface area contributed by atoms with Gasteiger partial charge in [-0.25, -0.2) is 4.99 Å². The van der Waals surface area contributed by atoms with Gasteiger partial charge in [-0.1, -0.05) is 6.07 Å². The van der Waals surface area contributed by atoms with Crippen LogP contribution in [-0.4, -0.2) is 36.0 Å². The zero-order valence-corrected chi connectivity index (χ0v) is 18.1. The first-order chi connectivity index (χ1) is 12.2. The average Bonchev–Trinajstić information content (AvgIpc) is 3.03. The molecule has 26 heavy (non-hydrogen) atoms. The number of guanidine groups is 1. The molecule has 2 aromatic rings. The number of hydrogen-bond donors (Lipinski definition) is 2. The first kappa shape index (κ1) is 22.1. The van der Waals surface area contributed by atoms with Crippen molar-refractivity contribution >= 4 is 29.9 Å². The van der Waals surface area contributed by atoms with Crippen LogP contribution in [0.3, 0.4) is 0 Å². The van der Waals surface area contributed by atoms with Gasteiger partial charge in [0.1, 0.15) is 0 Å². The number of aliphatic imine (C=N–C) groups is 1. The minimum absolute atomic E-state index is 0. The molecule has 1 heterocycles. The highest BCUT2D eigenvalue weighted by atomic mass is 127. The summed E-state index contributed by atoms with van der Waals surface area (Å²) in [5.74, 6) is 2.24. The van der Waals surface area contributed by atoms with Crippen LogP contribution in [0.2, 0.25) is 0 Å². The summed E-state index contributed by atoms with van der Waals surface area (Å²) in [7, 11) is 3.56. The number of nitrogens with zero attached hydrogens (tertiary/aromatic N) is 3. The topological polar surface area (TPSA) is 72.7 Å². The number of methoxy groups -OCH3 is 1. The Morgan fingerprint density at radius 2 is 2.00 bits per heavy atom. The van der Waals surface area contributed by atoms with Crippen molar-refractivity contribution < 1.29 is 9.47 Å². The molecule has 0 aliphatic rings. The van der Waals surface area contributed by atoms with Gasteiger partial charge in [-0.15, -0.1) is 24.0 Å². The zero-order valence-electron chi connectivity index (χ0n) is 15.8. The van der Waals surface area contributed by atoms with Crippen LogP contribution < -0.4 is 20.1 Å². The van der Waals surface area contributed by atoms with Crippen molar-refractivity contribution in [1.29, 1.82) is 0 Å². The minimum atomic E-state index is 0. The molecule has 0 aliphatic heterocycles. The summed E-state index contributed by atoms with van der Waals surface area (Å²) in [5.41, 5.74) is 2.15. The van der Waals surface area contributed by atoms with Gasteiger partial charge in [0.05, 0.1) is 32.5 Å². The molecule has 0 radical (unpaired) electrons. The lowest BCUT2D eigenvalue weighted by atomic mass is 10.2. The summed E-state index contributed by atoms with van der Waals surface area (Å²) in [6.07, 6.45) is 1.79. The summed E-state index contributed by atoms with van der Waals surface area (Å²) in [6.45, 7) is 6.60. The van der Waals surface area contributed by atoms with E-state index in [1.807, 2.05) is 49.8 Å². The molecular formula is C18H28IN5O2. The van der Waals surface area contributed by atoms with E-state index in [2.05, 4.69) is 20.7 Å². The van der Waals surface area contributed by atoms with E-state index in [0.717, 1.165) is 35.3 Å². The molecule has 144 valence electrons. The summed E-state index contributed by atoms with van der Waals surface area (Å²) in [4.78, 5) is 4.64. The molecule has 0 saturated carbocycles. The van der Waals surface area contributed by atoms with E-state index in [0.29, 0.717) is 19.7 Å². The molecule has 2 N–H and O–H groups in total. The van der Waals surface area contributed by atoms with Crippen LogP contribution in [0.5, 0.6) is 11.5 Å². The third-order valence-electron chi connectivity index (χ3n) is 3.65. The van der Waals surface area contributed by atoms with Gasteiger partial charge in [0.25, 0.3) is 0 Å². The summed E-state index contributed by atoms with van der Waals surface area (Å²) < 4.78 is 12.8. The Hall–Kier alpha value is -1.97. The van der Waals surface area contributed by atoms with Gasteiger partial charge in [0, 0.05) is 19.8 Å². The third kappa shape index (κ3) is 6.40. The van der Waals surface area contributed by atoms with Gasteiger partial charge in [0.15, 0.2) is 17.5 Å². The van der Waals surface area contributed by atoms with E-state index in [-0.39, 0.29) is 24.0 Å². The van der Waals surface area contributed by atoms with Crippen molar-refractivity contribution in [2.24, 2.45) is 12.0 Å². The fourth-order valence-electron chi connectivity index (χ4n) is 2.35. The Kier molecular flexibility index (Phi) is 9.85. The van der Waals surface area contributed by atoms with Crippen LogP contribution in [-0.2, 0) is 20.1 Å². The second kappa shape index (κ2) is 11.6. The molecule has 0 bridgehead atoms. The highest BCUT2D eigenvalue weighted by Gasteiger charge is 2.06. The van der Waals surface area contributed by atoms with E-state index in [1.165, 1.54) is 0 Å². The fraction of sp³-hybridized carbons (Fsp3) is 0.444. The number of aryl methyl sites for hydroxylation is 1. The predicted octanol–water partition coefficient (Wildman–Crippen LogP) is 2.70. The van der Waals surface area contributed by atoms with E-state index < -0.39 is 0 Å². The number of rotatable bonds is 8. The Morgan fingerprint density at radius 1 is 1.19 bits per heavy atom. The smallest absolute Gasteiger partial charge is 0.191 e. The van der Waals surface area contributed by atoms with Crippen molar-refractivity contribution in [3.8, 4) is 11.5 Å². The average molecular weight is 473 g/mol. The molecule has 0 fully saturated rings. The first-order valence-electron chi connectivity index (χ1n) is 8.46. The van der Waals surface area contributed by atoms with Crippen LogP contribution in [0.15, 0.2) is 35.5 Å². The van der Waals surface area contributed by atoms with E-state index >= 15 is 0 Å². The SMILES string of the molecule is CCNC(=NCc1ccc(OC)c(OCC)c1)NCc1ccnn1C.I. The molecule has 8 heteroatoms. The predicted molar refractivity (Wildman–Crippen MR) is 114 cm³/mol. The van der Waals surface area contributed by atoms with Crippen molar-refractivity contribution in [3.63, 3.8) is 0 Å². The van der Waals surface area contributed by atoms with Crippen LogP contribution in [0.25, 0.3) is 0 Å². The number of benzene rings is 1. The largest absolute Gasteiger partial charge is 0.493 e. The molecule has 2 rings (SSSR count). The van der Waals surface area contributed by atoms with Crippen LogP contribution in [0.4, 0.5) is 0 Å². The standard InChI is InChI=1S/C18H27N5O2.HI/c1-5-19-18(21-13-15-9-10-22-23(15)3)20-12-14-7-8-16(24-4)17(11-14)25-6-2;/h7-11H,5-6,12-13H2,1-4H3,(H2,19,20,21);1H. The van der Waals surface area contributed by atoms with E-state index in [4.69, 9.17) is 9.47 Å². The van der Waals surface area contributed by atoms with Gasteiger partial charge in [-0.3, -0.25) is 4.68 Å². The first-order valence-corrected chi connectivity index (χ1v) is 8.46. The maximum atomic E-state index is 5.62. The highest BCUT2D eigenvalue weighted by molar-refractivity contribution is 14.0. The molecule has 0 unspecified atom stereocenters. The quantitative estimate of drug-likeness (QED) is 0.351. The molecule has 1 aromatic heterocycles. The maximum absolute atomic E-state index is 5.62. The Morgan fingerprint density at radius 3 is 2.62 bits per heavy atom. The summed E-state index contributed by atoms with van der Waals surface area (Å²) >= 11 is 0. The lowest BCUT2D eigenvalue weighted by Gasteiger charge is -2.13. The Bertz CT molecular complexity index is 703. The summed E-state index contributed by atoms with van der Waals surface area (Å²) in [6, 6.07) is 7.85. The maximum Gasteiger partial charge on any atom is 0.191 e. The molecule has 0 spiro atoms. The third-order valence-corrected chi connectivity index (χ3v) is 3.65. The minimum Gasteiger partial charge on any atom is -0.493 e. The highest BCUT2D eigenvalue weighted by Crippen LogP contribution is 2.28. The Labute approximate surface area is 172 Å². The van der Waals surface area contributed by atoms with Crippen LogP contribution in [0, 0.1) is 0 Å². The number of halogens is 1. The lowest BCUT2D eigenvalue weighted by Crippen LogP contribution is -2.37. The molecule has 0 saturated heterocycles. The molecule has 0 atom stereocenters. The van der Waals surface area contributed by atoms with E-state index in [1.54, 1.807) is 13.3 Å². The van der Waals surface area contributed by atoms with Gasteiger partial charge in [-0.05, 0) is 37.6 Å². The van der Waals surface area contributed by atoms with Gasteiger partial charge >= 0.3 is 0 Å². The molecule has 7 nitrogen and oxygen atoms in total. The van der Waals surface area contributed by atoms with Gasteiger partial charge in [-0.2, -0.15) is 5.10 Å². The van der Waals surface area contributed by atoms with Crippen LogP contribution >= 0.6 is 24.0 Å². The Balaban J connectivity index is 0.00000338. The van der Waals surface area contributed by atoms with Gasteiger partial charge < -0.3 is 20.1 Å². The van der Waals surface area contributed by atoms with Crippen molar-refractivity contribution in [2.45, 2.75) is 26.9 Å². The monoisotopic (exact) mass is 473 g/mol. The van der Waals surface area contributed by atoms with Crippen molar-refractivity contribution in [1.82, 2.24) is 20.4 Å².